The number of phenolic OH excluding ortho intramolecular Hbond substituents is 1. The van der Waals surface area contributed by atoms with E-state index in [4.69, 9.17) is 0 Å². The van der Waals surface area contributed by atoms with E-state index in [1.807, 2.05) is 0 Å². The molecule has 0 unspecified atom stereocenters. The number of piperidine rings is 1. The van der Waals surface area contributed by atoms with Crippen LogP contribution in [0.15, 0.2) is 23.1 Å². The molecular weight excluding hydrogens is 386 g/mol. The molecule has 0 bridgehead atoms. The zero-order valence-electron chi connectivity index (χ0n) is 15.2. The third-order valence-corrected chi connectivity index (χ3v) is 5.70. The van der Waals surface area contributed by atoms with Gasteiger partial charge < -0.3 is 10.0 Å². The van der Waals surface area contributed by atoms with Crippen molar-refractivity contribution < 1.29 is 24.4 Å². The lowest BCUT2D eigenvalue weighted by atomic mass is 9.99. The van der Waals surface area contributed by atoms with E-state index in [-0.39, 0.29) is 17.4 Å². The lowest BCUT2D eigenvalue weighted by Gasteiger charge is -2.31. The highest BCUT2D eigenvalue weighted by Gasteiger charge is 2.37. The van der Waals surface area contributed by atoms with Crippen LogP contribution in [-0.2, 0) is 9.59 Å². The maximum absolute atomic E-state index is 12.5. The van der Waals surface area contributed by atoms with Gasteiger partial charge in [0.1, 0.15) is 6.54 Å². The Balaban J connectivity index is 1.73. The first-order valence-corrected chi connectivity index (χ1v) is 9.58. The minimum absolute atomic E-state index is 0.0741. The lowest BCUT2D eigenvalue weighted by Crippen LogP contribution is -2.45. The summed E-state index contributed by atoms with van der Waals surface area (Å²) in [6.45, 7) is 3.04. The summed E-state index contributed by atoms with van der Waals surface area (Å²) in [5.74, 6) is -0.810. The second-order valence-electron chi connectivity index (χ2n) is 6.84. The third kappa shape index (κ3) is 4.16. The van der Waals surface area contributed by atoms with Gasteiger partial charge in [-0.1, -0.05) is 13.0 Å². The number of hydrogen-bond donors (Lipinski definition) is 1. The molecule has 1 aromatic carbocycles. The van der Waals surface area contributed by atoms with Gasteiger partial charge in [-0.3, -0.25) is 29.4 Å². The summed E-state index contributed by atoms with van der Waals surface area (Å²) in [4.78, 5) is 50.0. The molecule has 2 aliphatic rings. The molecule has 2 aliphatic heterocycles. The normalized spacial score (nSPS) is 19.5. The van der Waals surface area contributed by atoms with Crippen LogP contribution >= 0.6 is 11.8 Å². The number of nitrogens with zero attached hydrogens (tertiary/aromatic N) is 3. The number of thioether (sulfide) groups is 1. The van der Waals surface area contributed by atoms with Gasteiger partial charge in [0.05, 0.1) is 9.83 Å². The molecule has 2 heterocycles. The molecule has 2 saturated heterocycles. The lowest BCUT2D eigenvalue weighted by molar-refractivity contribution is -0.385. The van der Waals surface area contributed by atoms with Crippen LogP contribution in [0.5, 0.6) is 5.75 Å². The second kappa shape index (κ2) is 8.01. The van der Waals surface area contributed by atoms with Gasteiger partial charge >= 0.3 is 5.69 Å². The number of likely N-dealkylation sites (tertiary alicyclic amines) is 1. The van der Waals surface area contributed by atoms with E-state index < -0.39 is 27.5 Å². The number of imide groups is 1. The largest absolute Gasteiger partial charge is 0.502 e. The Morgan fingerprint density at radius 2 is 2.04 bits per heavy atom. The number of nitro benzene ring substituents is 1. The zero-order chi connectivity index (χ0) is 20.4. The molecule has 10 heteroatoms. The van der Waals surface area contributed by atoms with Gasteiger partial charge in [0.15, 0.2) is 5.75 Å². The molecule has 0 atom stereocenters. The van der Waals surface area contributed by atoms with Crippen LogP contribution in [0.3, 0.4) is 0 Å². The Morgan fingerprint density at radius 1 is 1.36 bits per heavy atom. The minimum Gasteiger partial charge on any atom is -0.502 e. The van der Waals surface area contributed by atoms with Crippen molar-refractivity contribution in [2.75, 3.05) is 19.6 Å². The van der Waals surface area contributed by atoms with Crippen LogP contribution in [-0.4, -0.2) is 56.5 Å². The fourth-order valence-electron chi connectivity index (χ4n) is 3.06. The molecule has 9 nitrogen and oxygen atoms in total. The quantitative estimate of drug-likeness (QED) is 0.464. The Kier molecular flexibility index (Phi) is 5.68. The SMILES string of the molecule is CC1CCN(C(=O)CN2C(=O)S/C(=C/c3ccc(O)c([N+](=O)[O-])c3)C2=O)CC1. The number of phenols is 1. The van der Waals surface area contributed by atoms with E-state index in [2.05, 4.69) is 6.92 Å². The molecule has 148 valence electrons. The monoisotopic (exact) mass is 405 g/mol. The molecule has 0 spiro atoms. The van der Waals surface area contributed by atoms with Gasteiger partial charge in [-0.25, -0.2) is 0 Å². The molecule has 0 aromatic heterocycles. The van der Waals surface area contributed by atoms with Crippen LogP contribution in [0.25, 0.3) is 6.08 Å². The number of carbonyl (C=O) groups excluding carboxylic acids is 3. The van der Waals surface area contributed by atoms with E-state index in [9.17, 15) is 29.6 Å². The van der Waals surface area contributed by atoms with Crippen molar-refractivity contribution in [3.05, 3.63) is 38.8 Å². The number of nitro groups is 1. The number of benzene rings is 1. The van der Waals surface area contributed by atoms with Gasteiger partial charge in [-0.05, 0) is 48.2 Å². The van der Waals surface area contributed by atoms with Crippen molar-refractivity contribution in [2.24, 2.45) is 5.92 Å². The smallest absolute Gasteiger partial charge is 0.311 e. The zero-order valence-corrected chi connectivity index (χ0v) is 16.0. The van der Waals surface area contributed by atoms with E-state index in [0.29, 0.717) is 36.3 Å². The Bertz CT molecular complexity index is 876. The number of amides is 3. The highest BCUT2D eigenvalue weighted by atomic mass is 32.2. The average molecular weight is 405 g/mol. The average Bonchev–Trinajstić information content (AvgIpc) is 2.91. The van der Waals surface area contributed by atoms with Gasteiger partial charge in [0, 0.05) is 19.2 Å². The Labute approximate surface area is 165 Å². The molecule has 2 fully saturated rings. The number of carbonyl (C=O) groups is 3. The summed E-state index contributed by atoms with van der Waals surface area (Å²) in [5, 5.41) is 19.9. The van der Waals surface area contributed by atoms with E-state index in [1.165, 1.54) is 12.1 Å². The molecule has 3 amide bonds. The molecule has 0 radical (unpaired) electrons. The first-order valence-electron chi connectivity index (χ1n) is 8.77. The van der Waals surface area contributed by atoms with Crippen molar-refractivity contribution >= 4 is 40.6 Å². The Morgan fingerprint density at radius 3 is 2.68 bits per heavy atom. The molecule has 1 N–H and O–H groups in total. The highest BCUT2D eigenvalue weighted by Crippen LogP contribution is 2.34. The summed E-state index contributed by atoms with van der Waals surface area (Å²) in [7, 11) is 0. The van der Waals surface area contributed by atoms with Gasteiger partial charge in [-0.2, -0.15) is 0 Å². The van der Waals surface area contributed by atoms with Crippen molar-refractivity contribution in [2.45, 2.75) is 19.8 Å². The van der Waals surface area contributed by atoms with Crippen molar-refractivity contribution in [1.29, 1.82) is 0 Å². The van der Waals surface area contributed by atoms with Crippen molar-refractivity contribution in [3.63, 3.8) is 0 Å². The molecule has 0 aliphatic carbocycles. The van der Waals surface area contributed by atoms with Gasteiger partial charge in [0.2, 0.25) is 5.91 Å². The molecule has 28 heavy (non-hydrogen) atoms. The number of rotatable bonds is 4. The molecule has 0 saturated carbocycles. The second-order valence-corrected chi connectivity index (χ2v) is 7.83. The summed E-state index contributed by atoms with van der Waals surface area (Å²) < 4.78 is 0. The van der Waals surface area contributed by atoms with Crippen molar-refractivity contribution in [1.82, 2.24) is 9.80 Å². The van der Waals surface area contributed by atoms with Crippen LogP contribution in [0, 0.1) is 16.0 Å². The fourth-order valence-corrected chi connectivity index (χ4v) is 3.90. The first-order chi connectivity index (χ1) is 13.3. The number of aromatic hydroxyl groups is 1. The molecule has 1 aromatic rings. The minimum atomic E-state index is -0.740. The maximum Gasteiger partial charge on any atom is 0.311 e. The highest BCUT2D eigenvalue weighted by molar-refractivity contribution is 8.18. The van der Waals surface area contributed by atoms with Gasteiger partial charge in [-0.15, -0.1) is 0 Å². The van der Waals surface area contributed by atoms with Crippen LogP contribution < -0.4 is 0 Å². The topological polar surface area (TPSA) is 121 Å². The summed E-state index contributed by atoms with van der Waals surface area (Å²) in [6, 6.07) is 3.66. The van der Waals surface area contributed by atoms with Crippen LogP contribution in [0.4, 0.5) is 10.5 Å². The summed E-state index contributed by atoms with van der Waals surface area (Å²) in [6.07, 6.45) is 3.13. The molecule has 3 rings (SSSR count). The van der Waals surface area contributed by atoms with E-state index in [0.717, 1.165) is 29.9 Å². The van der Waals surface area contributed by atoms with Gasteiger partial charge in [0.25, 0.3) is 11.1 Å². The van der Waals surface area contributed by atoms with Crippen LogP contribution in [0.1, 0.15) is 25.3 Å². The molecular formula is C18H19N3O6S. The fraction of sp³-hybridized carbons (Fsp3) is 0.389. The predicted molar refractivity (Wildman–Crippen MR) is 102 cm³/mol. The summed E-state index contributed by atoms with van der Waals surface area (Å²) in [5.41, 5.74) is -0.200. The standard InChI is InChI=1S/C18H19N3O6S/c1-11-4-6-19(7-5-11)16(23)10-20-17(24)15(28-18(20)25)9-12-2-3-14(22)13(8-12)21(26)27/h2-3,8-9,11,22H,4-7,10H2,1H3/b15-9+. The third-order valence-electron chi connectivity index (χ3n) is 4.80. The first kappa shape index (κ1) is 19.9. The number of hydrogen-bond acceptors (Lipinski definition) is 7. The maximum atomic E-state index is 12.5. The van der Waals surface area contributed by atoms with Crippen LogP contribution in [0.2, 0.25) is 0 Å². The summed E-state index contributed by atoms with van der Waals surface area (Å²) >= 11 is 0.680. The van der Waals surface area contributed by atoms with E-state index in [1.54, 1.807) is 4.90 Å². The van der Waals surface area contributed by atoms with Crippen molar-refractivity contribution in [3.8, 4) is 5.75 Å². The predicted octanol–water partition coefficient (Wildman–Crippen LogP) is 2.60. The van der Waals surface area contributed by atoms with E-state index >= 15 is 0 Å². The Hall–Kier alpha value is -2.88.